The first-order valence-corrected chi connectivity index (χ1v) is 6.93. The molecule has 0 rings (SSSR count). The Balaban J connectivity index is 4.14. The number of likely N-dealkylation sites (N-methyl/N-ethyl adjacent to an activating group) is 1. The van der Waals surface area contributed by atoms with Gasteiger partial charge in [0.1, 0.15) is 0 Å². The van der Waals surface area contributed by atoms with Crippen molar-refractivity contribution in [3.05, 3.63) is 0 Å². The minimum absolute atomic E-state index is 0.362. The molecule has 0 fully saturated rings. The Morgan fingerprint density at radius 1 is 1.12 bits per heavy atom. The molecule has 0 aromatic rings. The second-order valence-corrected chi connectivity index (χ2v) is 4.73. The molecule has 0 aliphatic carbocycles. The summed E-state index contributed by atoms with van der Waals surface area (Å²) in [5.41, 5.74) is 0. The number of methoxy groups -OCH3 is 1. The van der Waals surface area contributed by atoms with Crippen molar-refractivity contribution in [1.82, 2.24) is 5.32 Å². The number of unbranched alkanes of at least 4 members (excludes halogenated alkanes) is 1. The summed E-state index contributed by atoms with van der Waals surface area (Å²) >= 11 is 0. The van der Waals surface area contributed by atoms with Crippen LogP contribution in [-0.2, 0) is 4.74 Å². The van der Waals surface area contributed by atoms with E-state index in [1.54, 1.807) is 0 Å². The van der Waals surface area contributed by atoms with Gasteiger partial charge in [-0.1, -0.05) is 46.5 Å². The van der Waals surface area contributed by atoms with E-state index < -0.39 is 0 Å². The maximum absolute atomic E-state index is 5.54. The van der Waals surface area contributed by atoms with Crippen LogP contribution in [0.5, 0.6) is 0 Å². The number of nitrogens with one attached hydrogen (secondary N) is 1. The molecule has 1 N–H and O–H groups in total. The molecule has 0 heterocycles. The van der Waals surface area contributed by atoms with Crippen LogP contribution in [0.4, 0.5) is 0 Å². The normalized spacial score (nSPS) is 17.1. The molecule has 3 unspecified atom stereocenters. The lowest BCUT2D eigenvalue weighted by Crippen LogP contribution is -2.40. The van der Waals surface area contributed by atoms with Crippen molar-refractivity contribution >= 4 is 0 Å². The fraction of sp³-hybridized carbons (Fsp3) is 1.00. The van der Waals surface area contributed by atoms with Crippen molar-refractivity contribution in [1.29, 1.82) is 0 Å². The third-order valence-corrected chi connectivity index (χ3v) is 3.66. The summed E-state index contributed by atoms with van der Waals surface area (Å²) in [4.78, 5) is 0. The molecule has 0 radical (unpaired) electrons. The molecular weight excluding hydrogens is 198 g/mol. The largest absolute Gasteiger partial charge is 0.380 e. The summed E-state index contributed by atoms with van der Waals surface area (Å²) in [5.74, 6) is 0.849. The molecule has 0 bridgehead atoms. The van der Waals surface area contributed by atoms with Crippen molar-refractivity contribution in [2.24, 2.45) is 5.92 Å². The van der Waals surface area contributed by atoms with Crippen LogP contribution in [-0.4, -0.2) is 26.3 Å². The zero-order valence-corrected chi connectivity index (χ0v) is 11.9. The van der Waals surface area contributed by atoms with Crippen molar-refractivity contribution in [2.45, 2.75) is 71.4 Å². The predicted octanol–water partition coefficient (Wildman–Crippen LogP) is 3.61. The fourth-order valence-corrected chi connectivity index (χ4v) is 2.41. The standard InChI is InChI=1S/C14H31NO/c1-6-9-10-12(7-2)11-13(15-4)14(8-3)16-5/h12-15H,6-11H2,1-5H3. The highest BCUT2D eigenvalue weighted by molar-refractivity contribution is 4.77. The molecule has 0 spiro atoms. The maximum atomic E-state index is 5.54. The number of ether oxygens (including phenoxy) is 1. The monoisotopic (exact) mass is 229 g/mol. The summed E-state index contributed by atoms with van der Waals surface area (Å²) in [7, 11) is 3.88. The van der Waals surface area contributed by atoms with E-state index in [0.29, 0.717) is 12.1 Å². The molecule has 98 valence electrons. The molecule has 0 saturated heterocycles. The minimum atomic E-state index is 0.362. The van der Waals surface area contributed by atoms with Gasteiger partial charge in [0.2, 0.25) is 0 Å². The highest BCUT2D eigenvalue weighted by Crippen LogP contribution is 2.21. The second kappa shape index (κ2) is 10.1. The van der Waals surface area contributed by atoms with Gasteiger partial charge < -0.3 is 10.1 Å². The molecule has 2 heteroatoms. The molecule has 0 aliphatic heterocycles. The third kappa shape index (κ3) is 5.86. The Kier molecular flexibility index (Phi) is 10.0. The van der Waals surface area contributed by atoms with Gasteiger partial charge >= 0.3 is 0 Å². The van der Waals surface area contributed by atoms with Gasteiger partial charge in [0.15, 0.2) is 0 Å². The molecule has 0 amide bonds. The average molecular weight is 229 g/mol. The van der Waals surface area contributed by atoms with E-state index in [1.165, 1.54) is 32.1 Å². The van der Waals surface area contributed by atoms with Gasteiger partial charge in [-0.2, -0.15) is 0 Å². The lowest BCUT2D eigenvalue weighted by Gasteiger charge is -2.28. The van der Waals surface area contributed by atoms with Gasteiger partial charge in [0, 0.05) is 13.2 Å². The Hall–Kier alpha value is -0.0800. The molecule has 0 aromatic carbocycles. The summed E-state index contributed by atoms with van der Waals surface area (Å²) in [6.45, 7) is 6.78. The van der Waals surface area contributed by atoms with E-state index in [0.717, 1.165) is 12.3 Å². The van der Waals surface area contributed by atoms with Crippen LogP contribution in [0.25, 0.3) is 0 Å². The van der Waals surface area contributed by atoms with Crippen LogP contribution in [0, 0.1) is 5.92 Å². The smallest absolute Gasteiger partial charge is 0.0721 e. The van der Waals surface area contributed by atoms with E-state index in [4.69, 9.17) is 4.74 Å². The van der Waals surface area contributed by atoms with Crippen LogP contribution in [0.15, 0.2) is 0 Å². The lowest BCUT2D eigenvalue weighted by molar-refractivity contribution is 0.0584. The summed E-state index contributed by atoms with van der Waals surface area (Å²) in [6, 6.07) is 0.511. The maximum Gasteiger partial charge on any atom is 0.0721 e. The zero-order valence-electron chi connectivity index (χ0n) is 11.9. The van der Waals surface area contributed by atoms with E-state index in [9.17, 15) is 0 Å². The highest BCUT2D eigenvalue weighted by Gasteiger charge is 2.21. The van der Waals surface area contributed by atoms with Crippen molar-refractivity contribution in [3.8, 4) is 0 Å². The SMILES string of the molecule is CCCCC(CC)CC(NC)C(CC)OC. The molecule has 16 heavy (non-hydrogen) atoms. The second-order valence-electron chi connectivity index (χ2n) is 4.73. The van der Waals surface area contributed by atoms with Crippen molar-refractivity contribution < 1.29 is 4.74 Å². The van der Waals surface area contributed by atoms with Gasteiger partial charge in [0.25, 0.3) is 0 Å². The Labute approximate surface area is 102 Å². The van der Waals surface area contributed by atoms with Crippen molar-refractivity contribution in [3.63, 3.8) is 0 Å². The first-order valence-electron chi connectivity index (χ1n) is 6.93. The van der Waals surface area contributed by atoms with Crippen LogP contribution in [0.2, 0.25) is 0 Å². The average Bonchev–Trinajstić information content (AvgIpc) is 2.33. The third-order valence-electron chi connectivity index (χ3n) is 3.66. The Bertz CT molecular complexity index is 146. The van der Waals surface area contributed by atoms with Crippen molar-refractivity contribution in [2.75, 3.05) is 14.2 Å². The van der Waals surface area contributed by atoms with E-state index in [2.05, 4.69) is 33.1 Å². The highest BCUT2D eigenvalue weighted by atomic mass is 16.5. The summed E-state index contributed by atoms with van der Waals surface area (Å²) in [6.07, 6.45) is 8.02. The van der Waals surface area contributed by atoms with E-state index >= 15 is 0 Å². The zero-order chi connectivity index (χ0) is 12.4. The van der Waals surface area contributed by atoms with Gasteiger partial charge in [-0.05, 0) is 25.8 Å². The number of hydrogen-bond acceptors (Lipinski definition) is 2. The quantitative estimate of drug-likeness (QED) is 0.618. The topological polar surface area (TPSA) is 21.3 Å². The Morgan fingerprint density at radius 2 is 1.81 bits per heavy atom. The Morgan fingerprint density at radius 3 is 2.19 bits per heavy atom. The van der Waals surface area contributed by atoms with Crippen LogP contribution >= 0.6 is 0 Å². The van der Waals surface area contributed by atoms with Gasteiger partial charge in [-0.3, -0.25) is 0 Å². The van der Waals surface area contributed by atoms with Crippen LogP contribution < -0.4 is 5.32 Å². The first-order chi connectivity index (χ1) is 7.73. The summed E-state index contributed by atoms with van der Waals surface area (Å²) < 4.78 is 5.54. The summed E-state index contributed by atoms with van der Waals surface area (Å²) in [5, 5.41) is 3.42. The molecular formula is C14H31NO. The molecule has 0 saturated carbocycles. The number of hydrogen-bond donors (Lipinski definition) is 1. The molecule has 0 aliphatic rings. The van der Waals surface area contributed by atoms with E-state index in [-0.39, 0.29) is 0 Å². The molecule has 3 atom stereocenters. The lowest BCUT2D eigenvalue weighted by atomic mass is 9.89. The predicted molar refractivity (Wildman–Crippen MR) is 71.9 cm³/mol. The minimum Gasteiger partial charge on any atom is -0.380 e. The number of rotatable bonds is 10. The van der Waals surface area contributed by atoms with Gasteiger partial charge in [-0.15, -0.1) is 0 Å². The van der Waals surface area contributed by atoms with Gasteiger partial charge in [-0.25, -0.2) is 0 Å². The fourth-order valence-electron chi connectivity index (χ4n) is 2.41. The first kappa shape index (κ1) is 15.9. The van der Waals surface area contributed by atoms with Crippen LogP contribution in [0.1, 0.15) is 59.3 Å². The molecule has 2 nitrogen and oxygen atoms in total. The van der Waals surface area contributed by atoms with E-state index in [1.807, 2.05) is 7.11 Å². The van der Waals surface area contributed by atoms with Gasteiger partial charge in [0.05, 0.1) is 6.10 Å². The van der Waals surface area contributed by atoms with Crippen LogP contribution in [0.3, 0.4) is 0 Å². The molecule has 0 aromatic heterocycles.